The van der Waals surface area contributed by atoms with Crippen molar-refractivity contribution in [3.8, 4) is 5.82 Å². The highest BCUT2D eigenvalue weighted by Crippen LogP contribution is 2.29. The van der Waals surface area contributed by atoms with Gasteiger partial charge >= 0.3 is 0 Å². The van der Waals surface area contributed by atoms with Crippen LogP contribution in [0.5, 0.6) is 0 Å². The van der Waals surface area contributed by atoms with Crippen LogP contribution in [0.1, 0.15) is 75.2 Å². The van der Waals surface area contributed by atoms with E-state index in [1.165, 1.54) is 47.2 Å². The van der Waals surface area contributed by atoms with E-state index in [1.54, 1.807) is 10.9 Å². The maximum Gasteiger partial charge on any atom is 0.279 e. The van der Waals surface area contributed by atoms with E-state index in [0.29, 0.717) is 16.3 Å². The van der Waals surface area contributed by atoms with E-state index in [2.05, 4.69) is 20.9 Å². The molecule has 0 radical (unpaired) electrons. The van der Waals surface area contributed by atoms with Crippen molar-refractivity contribution in [1.29, 1.82) is 0 Å². The lowest BCUT2D eigenvalue weighted by Crippen LogP contribution is -2.41. The SMILES string of the molecule is CC(C)c1c(C(=O)NNC(=O)c2cc3c(s2)CCCCC3)cnn1-c1ccccn1. The molecule has 0 saturated heterocycles. The molecule has 0 spiro atoms. The molecular formula is C22H25N5O2S. The Labute approximate surface area is 179 Å². The maximum absolute atomic E-state index is 12.8. The Morgan fingerprint density at radius 3 is 2.67 bits per heavy atom. The first-order valence-electron chi connectivity index (χ1n) is 10.3. The average molecular weight is 424 g/mol. The van der Waals surface area contributed by atoms with Crippen molar-refractivity contribution in [2.24, 2.45) is 0 Å². The fraction of sp³-hybridized carbons (Fsp3) is 0.364. The Hall–Kier alpha value is -3.00. The molecule has 3 aromatic rings. The molecule has 2 N–H and O–H groups in total. The molecule has 7 nitrogen and oxygen atoms in total. The largest absolute Gasteiger partial charge is 0.279 e. The third-order valence-electron chi connectivity index (χ3n) is 5.22. The van der Waals surface area contributed by atoms with Crippen molar-refractivity contribution in [2.45, 2.75) is 51.9 Å². The number of aryl methyl sites for hydroxylation is 2. The van der Waals surface area contributed by atoms with Crippen LogP contribution in [0.15, 0.2) is 36.7 Å². The Morgan fingerprint density at radius 1 is 1.10 bits per heavy atom. The van der Waals surface area contributed by atoms with Crippen molar-refractivity contribution in [3.05, 3.63) is 63.2 Å². The van der Waals surface area contributed by atoms with E-state index in [4.69, 9.17) is 0 Å². The second-order valence-corrected chi connectivity index (χ2v) is 8.86. The van der Waals surface area contributed by atoms with Crippen LogP contribution in [0.4, 0.5) is 0 Å². The number of amides is 2. The van der Waals surface area contributed by atoms with Gasteiger partial charge in [-0.2, -0.15) is 5.10 Å². The molecule has 0 aliphatic heterocycles. The van der Waals surface area contributed by atoms with Crippen molar-refractivity contribution in [2.75, 3.05) is 0 Å². The molecule has 1 aliphatic rings. The highest BCUT2D eigenvalue weighted by atomic mass is 32.1. The number of hydrogen-bond donors (Lipinski definition) is 2. The number of aromatic nitrogens is 3. The van der Waals surface area contributed by atoms with Crippen LogP contribution < -0.4 is 10.9 Å². The normalized spacial score (nSPS) is 13.6. The Kier molecular flexibility index (Phi) is 5.94. The summed E-state index contributed by atoms with van der Waals surface area (Å²) in [6.45, 7) is 3.98. The molecule has 0 fully saturated rings. The molecule has 0 saturated carbocycles. The lowest BCUT2D eigenvalue weighted by Gasteiger charge is -2.12. The molecule has 0 bridgehead atoms. The number of rotatable bonds is 4. The van der Waals surface area contributed by atoms with Gasteiger partial charge in [-0.05, 0) is 55.4 Å². The van der Waals surface area contributed by atoms with Crippen LogP contribution >= 0.6 is 11.3 Å². The molecule has 0 aromatic carbocycles. The van der Waals surface area contributed by atoms with Crippen LogP contribution in [-0.4, -0.2) is 26.6 Å². The van der Waals surface area contributed by atoms with Gasteiger partial charge in [0, 0.05) is 11.1 Å². The number of nitrogens with one attached hydrogen (secondary N) is 2. The number of fused-ring (bicyclic) bond motifs is 1. The Bertz CT molecular complexity index is 1030. The lowest BCUT2D eigenvalue weighted by molar-refractivity contribution is 0.0848. The number of pyridine rings is 1. The standard InChI is InChI=1S/C22H25N5O2S/c1-14(2)20-16(13-24-27(20)19-10-6-7-11-23-19)21(28)25-26-22(29)18-12-15-8-4-3-5-9-17(15)30-18/h6-7,10-14H,3-5,8-9H2,1-2H3,(H,25,28)(H,26,29). The van der Waals surface area contributed by atoms with Gasteiger partial charge in [-0.15, -0.1) is 11.3 Å². The molecule has 2 amide bonds. The number of hydrogen-bond acceptors (Lipinski definition) is 5. The Balaban J connectivity index is 1.48. The zero-order valence-corrected chi connectivity index (χ0v) is 18.0. The summed E-state index contributed by atoms with van der Waals surface area (Å²) in [4.78, 5) is 31.6. The van der Waals surface area contributed by atoms with Gasteiger partial charge in [0.1, 0.15) is 0 Å². The zero-order chi connectivity index (χ0) is 21.1. The van der Waals surface area contributed by atoms with Crippen LogP contribution in [0, 0.1) is 0 Å². The van der Waals surface area contributed by atoms with Crippen molar-refractivity contribution < 1.29 is 9.59 Å². The van der Waals surface area contributed by atoms with Crippen molar-refractivity contribution >= 4 is 23.2 Å². The summed E-state index contributed by atoms with van der Waals surface area (Å²) in [5, 5.41) is 4.35. The summed E-state index contributed by atoms with van der Waals surface area (Å²) in [6, 6.07) is 7.50. The van der Waals surface area contributed by atoms with E-state index in [-0.39, 0.29) is 11.8 Å². The van der Waals surface area contributed by atoms with Gasteiger partial charge in [-0.25, -0.2) is 9.67 Å². The smallest absolute Gasteiger partial charge is 0.267 e. The molecular weight excluding hydrogens is 398 g/mol. The number of thiophene rings is 1. The van der Waals surface area contributed by atoms with E-state index in [0.717, 1.165) is 18.5 Å². The highest BCUT2D eigenvalue weighted by Gasteiger charge is 2.22. The zero-order valence-electron chi connectivity index (χ0n) is 17.1. The fourth-order valence-electron chi connectivity index (χ4n) is 3.77. The quantitative estimate of drug-likeness (QED) is 0.493. The van der Waals surface area contributed by atoms with Crippen LogP contribution in [0.25, 0.3) is 5.82 Å². The summed E-state index contributed by atoms with van der Waals surface area (Å²) >= 11 is 1.53. The third kappa shape index (κ3) is 4.14. The van der Waals surface area contributed by atoms with Crippen LogP contribution in [-0.2, 0) is 12.8 Å². The minimum atomic E-state index is -0.396. The summed E-state index contributed by atoms with van der Waals surface area (Å²) in [5.41, 5.74) is 7.53. The predicted molar refractivity (Wildman–Crippen MR) is 116 cm³/mol. The first-order valence-corrected chi connectivity index (χ1v) is 11.1. The van der Waals surface area contributed by atoms with E-state index in [9.17, 15) is 9.59 Å². The minimum absolute atomic E-state index is 0.0407. The molecule has 0 atom stereocenters. The summed E-state index contributed by atoms with van der Waals surface area (Å²) in [6.07, 6.45) is 8.83. The molecule has 0 unspecified atom stereocenters. The van der Waals surface area contributed by atoms with Crippen molar-refractivity contribution in [1.82, 2.24) is 25.6 Å². The van der Waals surface area contributed by atoms with Crippen molar-refractivity contribution in [3.63, 3.8) is 0 Å². The number of hydrazine groups is 1. The summed E-state index contributed by atoms with van der Waals surface area (Å²) in [5.74, 6) is 0.000252. The molecule has 3 aromatic heterocycles. The minimum Gasteiger partial charge on any atom is -0.267 e. The molecule has 156 valence electrons. The molecule has 1 aliphatic carbocycles. The summed E-state index contributed by atoms with van der Waals surface area (Å²) in [7, 11) is 0. The van der Waals surface area contributed by atoms with Crippen LogP contribution in [0.2, 0.25) is 0 Å². The molecule has 3 heterocycles. The number of nitrogens with zero attached hydrogens (tertiary/aromatic N) is 3. The van der Waals surface area contributed by atoms with Gasteiger partial charge < -0.3 is 0 Å². The maximum atomic E-state index is 12.8. The second-order valence-electron chi connectivity index (χ2n) is 7.73. The lowest BCUT2D eigenvalue weighted by atomic mass is 10.1. The number of carbonyl (C=O) groups is 2. The van der Waals surface area contributed by atoms with E-state index < -0.39 is 5.91 Å². The third-order valence-corrected chi connectivity index (χ3v) is 6.46. The number of carbonyl (C=O) groups excluding carboxylic acids is 2. The predicted octanol–water partition coefficient (Wildman–Crippen LogP) is 3.80. The van der Waals surface area contributed by atoms with Gasteiger partial charge in [-0.3, -0.25) is 20.4 Å². The second kappa shape index (κ2) is 8.79. The first kappa shape index (κ1) is 20.3. The molecule has 8 heteroatoms. The highest BCUT2D eigenvalue weighted by molar-refractivity contribution is 7.14. The Morgan fingerprint density at radius 2 is 1.90 bits per heavy atom. The van der Waals surface area contributed by atoms with Gasteiger partial charge in [-0.1, -0.05) is 26.3 Å². The van der Waals surface area contributed by atoms with Gasteiger partial charge in [0.05, 0.1) is 22.3 Å². The topological polar surface area (TPSA) is 88.9 Å². The van der Waals surface area contributed by atoms with E-state index in [1.807, 2.05) is 38.1 Å². The molecule has 4 rings (SSSR count). The monoisotopic (exact) mass is 423 g/mol. The van der Waals surface area contributed by atoms with E-state index >= 15 is 0 Å². The first-order chi connectivity index (χ1) is 14.5. The van der Waals surface area contributed by atoms with Gasteiger partial charge in [0.15, 0.2) is 5.82 Å². The van der Waals surface area contributed by atoms with Crippen LogP contribution in [0.3, 0.4) is 0 Å². The summed E-state index contributed by atoms with van der Waals surface area (Å²) < 4.78 is 1.66. The van der Waals surface area contributed by atoms with Gasteiger partial charge in [0.2, 0.25) is 0 Å². The average Bonchev–Trinajstić information content (AvgIpc) is 3.32. The van der Waals surface area contributed by atoms with Gasteiger partial charge in [0.25, 0.3) is 11.8 Å². The molecule has 30 heavy (non-hydrogen) atoms. The fourth-order valence-corrected chi connectivity index (χ4v) is 4.92.